The maximum atomic E-state index is 13.1. The van der Waals surface area contributed by atoms with Gasteiger partial charge in [0.15, 0.2) is 5.76 Å². The molecule has 3 heterocycles. The number of methoxy groups -OCH3 is 1. The van der Waals surface area contributed by atoms with Crippen molar-refractivity contribution in [3.63, 3.8) is 0 Å². The van der Waals surface area contributed by atoms with Crippen LogP contribution in [0.4, 0.5) is 0 Å². The number of phenols is 1. The molecule has 1 atom stereocenters. The van der Waals surface area contributed by atoms with E-state index in [-0.39, 0.29) is 46.2 Å². The number of carboxylic acids is 1. The molecule has 0 spiro atoms. The summed E-state index contributed by atoms with van der Waals surface area (Å²) in [7, 11) is 1.26. The SMILES string of the molecule is COC(=O)C[C@@H](c1ccc(-c2ccc(C(=O)O)cc2)o1)c1c(O)ccc2c1O/C(=C\N1CCOCC1)C2=O. The van der Waals surface area contributed by atoms with Gasteiger partial charge in [0.25, 0.3) is 0 Å². The number of morpholine rings is 1. The number of carbonyl (C=O) groups excluding carboxylic acids is 2. The number of allylic oxidation sites excluding steroid dienone is 1. The lowest BCUT2D eigenvalue weighted by Crippen LogP contribution is -2.32. The molecule has 5 rings (SSSR count). The number of furan rings is 1. The standard InChI is InChI=1S/C28H25NO9/c1-35-24(31)14-19(22-9-8-21(37-22)16-2-4-17(5-3-16)28(33)34)25-20(30)7-6-18-26(32)23(38-27(18)25)15-29-10-12-36-13-11-29/h2-9,15,19,30H,10-14H2,1H3,(H,33,34)/b23-15-/t19-/m0/s1. The van der Waals surface area contributed by atoms with E-state index in [2.05, 4.69) is 0 Å². The van der Waals surface area contributed by atoms with Crippen LogP contribution in [-0.4, -0.2) is 66.2 Å². The molecule has 2 N–H and O–H groups in total. The average Bonchev–Trinajstić information content (AvgIpc) is 3.53. The van der Waals surface area contributed by atoms with Crippen molar-refractivity contribution >= 4 is 17.7 Å². The fourth-order valence-corrected chi connectivity index (χ4v) is 4.53. The Kier molecular flexibility index (Phi) is 6.89. The lowest BCUT2D eigenvalue weighted by Gasteiger charge is -2.25. The van der Waals surface area contributed by atoms with Gasteiger partial charge in [0.2, 0.25) is 5.78 Å². The molecule has 0 saturated carbocycles. The van der Waals surface area contributed by atoms with Crippen molar-refractivity contribution in [2.45, 2.75) is 12.3 Å². The summed E-state index contributed by atoms with van der Waals surface area (Å²) >= 11 is 0. The molecule has 0 unspecified atom stereocenters. The molecule has 2 aliphatic rings. The molecule has 1 saturated heterocycles. The van der Waals surface area contributed by atoms with Crippen LogP contribution in [-0.2, 0) is 14.3 Å². The lowest BCUT2D eigenvalue weighted by molar-refractivity contribution is -0.140. The van der Waals surface area contributed by atoms with Crippen LogP contribution in [0.15, 0.2) is 64.9 Å². The molecule has 10 heteroatoms. The van der Waals surface area contributed by atoms with Crippen molar-refractivity contribution in [2.75, 3.05) is 33.4 Å². The Hall–Kier alpha value is -4.57. The number of carbonyl (C=O) groups is 3. The summed E-state index contributed by atoms with van der Waals surface area (Å²) in [5.74, 6) is -1.88. The third kappa shape index (κ3) is 4.85. The number of benzene rings is 2. The molecule has 38 heavy (non-hydrogen) atoms. The van der Waals surface area contributed by atoms with E-state index in [1.807, 2.05) is 4.90 Å². The number of aromatic hydroxyl groups is 1. The van der Waals surface area contributed by atoms with Gasteiger partial charge >= 0.3 is 11.9 Å². The summed E-state index contributed by atoms with van der Waals surface area (Å²) in [6, 6.07) is 12.4. The zero-order valence-electron chi connectivity index (χ0n) is 20.5. The summed E-state index contributed by atoms with van der Waals surface area (Å²) in [6.07, 6.45) is 1.46. The van der Waals surface area contributed by atoms with Gasteiger partial charge in [-0.2, -0.15) is 0 Å². The summed E-state index contributed by atoms with van der Waals surface area (Å²) in [6.45, 7) is 2.31. The highest BCUT2D eigenvalue weighted by Gasteiger charge is 2.37. The maximum absolute atomic E-state index is 13.1. The van der Waals surface area contributed by atoms with Gasteiger partial charge in [-0.25, -0.2) is 4.79 Å². The molecule has 0 radical (unpaired) electrons. The van der Waals surface area contributed by atoms with Crippen molar-refractivity contribution < 1.29 is 43.2 Å². The van der Waals surface area contributed by atoms with E-state index in [0.29, 0.717) is 43.4 Å². The Bertz CT molecular complexity index is 1410. The molecular weight excluding hydrogens is 494 g/mol. The first-order valence-corrected chi connectivity index (χ1v) is 12.0. The van der Waals surface area contributed by atoms with E-state index >= 15 is 0 Å². The molecular formula is C28H25NO9. The largest absolute Gasteiger partial charge is 0.508 e. The zero-order chi connectivity index (χ0) is 26.8. The highest BCUT2D eigenvalue weighted by atomic mass is 16.5. The van der Waals surface area contributed by atoms with Gasteiger partial charge in [-0.3, -0.25) is 9.59 Å². The number of hydrogen-bond acceptors (Lipinski definition) is 9. The third-order valence-corrected chi connectivity index (χ3v) is 6.53. The maximum Gasteiger partial charge on any atom is 0.335 e. The van der Waals surface area contributed by atoms with Crippen molar-refractivity contribution in [1.82, 2.24) is 4.90 Å². The molecule has 0 bridgehead atoms. The molecule has 196 valence electrons. The second kappa shape index (κ2) is 10.4. The van der Waals surface area contributed by atoms with Crippen molar-refractivity contribution in [3.05, 3.63) is 82.9 Å². The number of ether oxygens (including phenoxy) is 3. The Balaban J connectivity index is 1.53. The van der Waals surface area contributed by atoms with Crippen LogP contribution in [0.2, 0.25) is 0 Å². The van der Waals surface area contributed by atoms with E-state index in [4.69, 9.17) is 23.7 Å². The van der Waals surface area contributed by atoms with Crippen molar-refractivity contribution in [3.8, 4) is 22.8 Å². The van der Waals surface area contributed by atoms with Gasteiger partial charge in [0, 0.05) is 30.4 Å². The van der Waals surface area contributed by atoms with Gasteiger partial charge in [-0.15, -0.1) is 0 Å². The Morgan fingerprint density at radius 1 is 1.08 bits per heavy atom. The number of hydrogen-bond donors (Lipinski definition) is 2. The Morgan fingerprint density at radius 3 is 2.50 bits per heavy atom. The highest BCUT2D eigenvalue weighted by Crippen LogP contribution is 2.47. The molecule has 10 nitrogen and oxygen atoms in total. The summed E-state index contributed by atoms with van der Waals surface area (Å²) in [4.78, 5) is 38.7. The number of phenolic OH excluding ortho intramolecular Hbond substituents is 1. The number of esters is 1. The number of aromatic carboxylic acids is 1. The van der Waals surface area contributed by atoms with Crippen LogP contribution in [0, 0.1) is 0 Å². The van der Waals surface area contributed by atoms with E-state index in [0.717, 1.165) is 0 Å². The minimum absolute atomic E-state index is 0.115. The molecule has 0 amide bonds. The zero-order valence-corrected chi connectivity index (χ0v) is 20.5. The molecule has 1 fully saturated rings. The van der Waals surface area contributed by atoms with E-state index < -0.39 is 17.9 Å². The molecule has 2 aliphatic heterocycles. The van der Waals surface area contributed by atoms with Crippen LogP contribution in [0.3, 0.4) is 0 Å². The second-order valence-corrected chi connectivity index (χ2v) is 8.87. The number of rotatable bonds is 7. The number of carboxylic acid groups (broad SMARTS) is 1. The normalized spacial score (nSPS) is 16.7. The van der Waals surface area contributed by atoms with E-state index in [9.17, 15) is 19.5 Å². The summed E-state index contributed by atoms with van der Waals surface area (Å²) in [5.41, 5.74) is 1.26. The minimum Gasteiger partial charge on any atom is -0.508 e. The van der Waals surface area contributed by atoms with Crippen molar-refractivity contribution in [2.24, 2.45) is 0 Å². The van der Waals surface area contributed by atoms with Gasteiger partial charge in [-0.05, 0) is 36.4 Å². The van der Waals surface area contributed by atoms with Crippen LogP contribution < -0.4 is 4.74 Å². The third-order valence-electron chi connectivity index (χ3n) is 6.53. The quantitative estimate of drug-likeness (QED) is 0.350. The van der Waals surface area contributed by atoms with Gasteiger partial charge in [0.1, 0.15) is 23.0 Å². The second-order valence-electron chi connectivity index (χ2n) is 8.87. The predicted octanol–water partition coefficient (Wildman–Crippen LogP) is 3.79. The number of Topliss-reactive ketones (excluding diaryl/α,β-unsaturated/α-hetero) is 1. The van der Waals surface area contributed by atoms with Crippen LogP contribution >= 0.6 is 0 Å². The first kappa shape index (κ1) is 25.1. The monoisotopic (exact) mass is 519 g/mol. The Labute approximate surface area is 217 Å². The van der Waals surface area contributed by atoms with Crippen LogP contribution in [0.25, 0.3) is 11.3 Å². The molecule has 1 aromatic heterocycles. The smallest absolute Gasteiger partial charge is 0.335 e. The first-order valence-electron chi connectivity index (χ1n) is 12.0. The average molecular weight is 520 g/mol. The summed E-state index contributed by atoms with van der Waals surface area (Å²) in [5, 5.41) is 20.1. The van der Waals surface area contributed by atoms with Gasteiger partial charge in [-0.1, -0.05) is 12.1 Å². The number of ketones is 1. The lowest BCUT2D eigenvalue weighted by atomic mass is 9.90. The van der Waals surface area contributed by atoms with E-state index in [1.165, 1.54) is 31.4 Å². The predicted molar refractivity (Wildman–Crippen MR) is 133 cm³/mol. The van der Waals surface area contributed by atoms with Gasteiger partial charge < -0.3 is 33.7 Å². The van der Waals surface area contributed by atoms with Crippen LogP contribution in [0.5, 0.6) is 11.5 Å². The fraction of sp³-hybridized carbons (Fsp3) is 0.250. The highest BCUT2D eigenvalue weighted by molar-refractivity contribution is 6.12. The first-order chi connectivity index (χ1) is 18.4. The molecule has 0 aliphatic carbocycles. The van der Waals surface area contributed by atoms with Gasteiger partial charge in [0.05, 0.1) is 43.8 Å². The number of nitrogens with zero attached hydrogens (tertiary/aromatic N) is 1. The minimum atomic E-state index is -1.04. The van der Waals surface area contributed by atoms with Crippen molar-refractivity contribution in [1.29, 1.82) is 0 Å². The Morgan fingerprint density at radius 2 is 1.82 bits per heavy atom. The van der Waals surface area contributed by atoms with Crippen LogP contribution in [0.1, 0.15) is 44.4 Å². The fourth-order valence-electron chi connectivity index (χ4n) is 4.53. The van der Waals surface area contributed by atoms with E-state index in [1.54, 1.807) is 30.5 Å². The number of fused-ring (bicyclic) bond motifs is 1. The topological polar surface area (TPSA) is 136 Å². The molecule has 3 aromatic rings. The summed E-state index contributed by atoms with van der Waals surface area (Å²) < 4.78 is 22.3. The molecule has 2 aromatic carbocycles.